The van der Waals surface area contributed by atoms with Crippen molar-refractivity contribution in [2.24, 2.45) is 5.92 Å². The van der Waals surface area contributed by atoms with E-state index in [0.717, 1.165) is 0 Å². The van der Waals surface area contributed by atoms with Gasteiger partial charge in [-0.3, -0.25) is 4.79 Å². The number of halogens is 1. The van der Waals surface area contributed by atoms with E-state index in [0.29, 0.717) is 5.92 Å². The number of rotatable bonds is 2. The van der Waals surface area contributed by atoms with E-state index in [4.69, 9.17) is 4.74 Å². The lowest BCUT2D eigenvalue weighted by molar-refractivity contribution is -0.148. The molecule has 1 aliphatic rings. The van der Waals surface area contributed by atoms with Crippen molar-refractivity contribution in [2.45, 2.75) is 52.1 Å². The van der Waals surface area contributed by atoms with E-state index in [1.54, 1.807) is 0 Å². The predicted molar refractivity (Wildman–Crippen MR) is 55.1 cm³/mol. The van der Waals surface area contributed by atoms with Gasteiger partial charge in [0.1, 0.15) is 6.10 Å². The number of esters is 1. The third-order valence-corrected chi connectivity index (χ3v) is 2.67. The van der Waals surface area contributed by atoms with Crippen LogP contribution >= 0.6 is 12.4 Å². The fraction of sp³-hybridized carbons (Fsp3) is 0.900. The Morgan fingerprint density at radius 2 is 1.85 bits per heavy atom. The SMILES string of the molecule is CC(=O)OC(C)C1CCCCC1.Cl. The van der Waals surface area contributed by atoms with Gasteiger partial charge in [0.2, 0.25) is 0 Å². The first kappa shape index (κ1) is 12.8. The molecule has 0 aromatic heterocycles. The van der Waals surface area contributed by atoms with Crippen molar-refractivity contribution >= 4 is 18.4 Å². The number of ether oxygens (including phenoxy) is 1. The highest BCUT2D eigenvalue weighted by Gasteiger charge is 2.21. The predicted octanol–water partition coefficient (Wildman–Crippen LogP) is 2.94. The first-order valence-corrected chi connectivity index (χ1v) is 4.87. The average Bonchev–Trinajstić information content (AvgIpc) is 2.05. The lowest BCUT2D eigenvalue weighted by Crippen LogP contribution is -2.24. The molecular formula is C10H19ClO2. The zero-order valence-corrected chi connectivity index (χ0v) is 9.23. The van der Waals surface area contributed by atoms with Crippen LogP contribution in [0.1, 0.15) is 46.0 Å². The van der Waals surface area contributed by atoms with Crippen LogP contribution in [-0.4, -0.2) is 12.1 Å². The van der Waals surface area contributed by atoms with Gasteiger partial charge in [-0.25, -0.2) is 0 Å². The van der Waals surface area contributed by atoms with Gasteiger partial charge in [-0.15, -0.1) is 12.4 Å². The summed E-state index contributed by atoms with van der Waals surface area (Å²) < 4.78 is 5.15. The van der Waals surface area contributed by atoms with Crippen LogP contribution in [0.3, 0.4) is 0 Å². The molecule has 0 N–H and O–H groups in total. The van der Waals surface area contributed by atoms with Crippen LogP contribution in [0.15, 0.2) is 0 Å². The maximum Gasteiger partial charge on any atom is 0.302 e. The van der Waals surface area contributed by atoms with Gasteiger partial charge in [0.15, 0.2) is 0 Å². The summed E-state index contributed by atoms with van der Waals surface area (Å²) in [4.78, 5) is 10.7. The summed E-state index contributed by atoms with van der Waals surface area (Å²) in [6.45, 7) is 3.50. The molecule has 78 valence electrons. The molecule has 1 fully saturated rings. The van der Waals surface area contributed by atoms with E-state index in [9.17, 15) is 4.79 Å². The number of carbonyl (C=O) groups excluding carboxylic acids is 1. The average molecular weight is 207 g/mol. The van der Waals surface area contributed by atoms with Crippen LogP contribution < -0.4 is 0 Å². The van der Waals surface area contributed by atoms with Gasteiger partial charge in [0.05, 0.1) is 0 Å². The molecule has 1 saturated carbocycles. The first-order chi connectivity index (χ1) is 5.70. The highest BCUT2D eigenvalue weighted by atomic mass is 35.5. The van der Waals surface area contributed by atoms with E-state index in [-0.39, 0.29) is 24.5 Å². The third-order valence-electron chi connectivity index (χ3n) is 2.67. The van der Waals surface area contributed by atoms with Gasteiger partial charge in [0, 0.05) is 6.92 Å². The van der Waals surface area contributed by atoms with Crippen molar-refractivity contribution < 1.29 is 9.53 Å². The maximum atomic E-state index is 10.7. The third kappa shape index (κ3) is 4.51. The van der Waals surface area contributed by atoms with Crippen molar-refractivity contribution in [1.82, 2.24) is 0 Å². The normalized spacial score (nSPS) is 20.2. The smallest absolute Gasteiger partial charge is 0.302 e. The second-order valence-electron chi connectivity index (χ2n) is 3.71. The van der Waals surface area contributed by atoms with Crippen molar-refractivity contribution in [3.63, 3.8) is 0 Å². The molecule has 1 atom stereocenters. The highest BCUT2D eigenvalue weighted by Crippen LogP contribution is 2.27. The summed E-state index contributed by atoms with van der Waals surface area (Å²) in [7, 11) is 0. The monoisotopic (exact) mass is 206 g/mol. The van der Waals surface area contributed by atoms with Crippen molar-refractivity contribution in [1.29, 1.82) is 0 Å². The molecule has 0 aliphatic heterocycles. The number of hydrogen-bond donors (Lipinski definition) is 0. The summed E-state index contributed by atoms with van der Waals surface area (Å²) in [6.07, 6.45) is 6.54. The Hall–Kier alpha value is -0.240. The molecule has 0 spiro atoms. The molecule has 0 saturated heterocycles. The summed E-state index contributed by atoms with van der Waals surface area (Å²) >= 11 is 0. The van der Waals surface area contributed by atoms with Crippen LogP contribution in [0.4, 0.5) is 0 Å². The first-order valence-electron chi connectivity index (χ1n) is 4.87. The van der Waals surface area contributed by atoms with Crippen LogP contribution in [0.5, 0.6) is 0 Å². The van der Waals surface area contributed by atoms with E-state index in [1.165, 1.54) is 39.0 Å². The summed E-state index contributed by atoms with van der Waals surface area (Å²) in [5, 5.41) is 0. The van der Waals surface area contributed by atoms with Gasteiger partial charge in [-0.1, -0.05) is 19.3 Å². The van der Waals surface area contributed by atoms with Crippen molar-refractivity contribution in [2.75, 3.05) is 0 Å². The Kier molecular flexibility index (Phi) is 6.13. The van der Waals surface area contributed by atoms with Crippen LogP contribution in [0, 0.1) is 5.92 Å². The molecule has 3 heteroatoms. The molecule has 2 nitrogen and oxygen atoms in total. The highest BCUT2D eigenvalue weighted by molar-refractivity contribution is 5.85. The van der Waals surface area contributed by atoms with Gasteiger partial charge < -0.3 is 4.74 Å². The Labute approximate surface area is 86.4 Å². The maximum absolute atomic E-state index is 10.7. The fourth-order valence-corrected chi connectivity index (χ4v) is 1.96. The topological polar surface area (TPSA) is 26.3 Å². The lowest BCUT2D eigenvalue weighted by atomic mass is 9.86. The standard InChI is InChI=1S/C10H18O2.ClH/c1-8(12-9(2)11)10-6-4-3-5-7-10;/h8,10H,3-7H2,1-2H3;1H. The van der Waals surface area contributed by atoms with E-state index in [2.05, 4.69) is 0 Å². The number of hydrogen-bond acceptors (Lipinski definition) is 2. The summed E-state index contributed by atoms with van der Waals surface area (Å²) in [5.41, 5.74) is 0. The van der Waals surface area contributed by atoms with Crippen LogP contribution in [-0.2, 0) is 9.53 Å². The zero-order chi connectivity index (χ0) is 8.97. The second kappa shape index (κ2) is 6.25. The van der Waals surface area contributed by atoms with E-state index in [1.807, 2.05) is 6.92 Å². The molecule has 1 unspecified atom stereocenters. The zero-order valence-electron chi connectivity index (χ0n) is 8.41. The van der Waals surface area contributed by atoms with Gasteiger partial charge in [-0.2, -0.15) is 0 Å². The van der Waals surface area contributed by atoms with Crippen LogP contribution in [0.25, 0.3) is 0 Å². The Morgan fingerprint density at radius 3 is 2.31 bits per heavy atom. The minimum Gasteiger partial charge on any atom is -0.463 e. The Bertz CT molecular complexity index is 153. The minimum atomic E-state index is -0.145. The molecular weight excluding hydrogens is 188 g/mol. The molecule has 0 aromatic rings. The molecule has 1 aliphatic carbocycles. The summed E-state index contributed by atoms with van der Waals surface area (Å²) in [5.74, 6) is 0.468. The van der Waals surface area contributed by atoms with Gasteiger partial charge >= 0.3 is 5.97 Å². The van der Waals surface area contributed by atoms with Crippen molar-refractivity contribution in [3.05, 3.63) is 0 Å². The lowest BCUT2D eigenvalue weighted by Gasteiger charge is -2.26. The molecule has 0 bridgehead atoms. The Balaban J connectivity index is 0.00000144. The van der Waals surface area contributed by atoms with Gasteiger partial charge in [0.25, 0.3) is 0 Å². The van der Waals surface area contributed by atoms with Gasteiger partial charge in [-0.05, 0) is 25.7 Å². The molecule has 0 radical (unpaired) electrons. The molecule has 0 aromatic carbocycles. The van der Waals surface area contributed by atoms with E-state index >= 15 is 0 Å². The quantitative estimate of drug-likeness (QED) is 0.650. The van der Waals surface area contributed by atoms with E-state index < -0.39 is 0 Å². The summed E-state index contributed by atoms with van der Waals surface area (Å²) in [6, 6.07) is 0. The molecule has 13 heavy (non-hydrogen) atoms. The van der Waals surface area contributed by atoms with Crippen molar-refractivity contribution in [3.8, 4) is 0 Å². The number of carbonyl (C=O) groups is 1. The minimum absolute atomic E-state index is 0. The van der Waals surface area contributed by atoms with Crippen LogP contribution in [0.2, 0.25) is 0 Å². The fourth-order valence-electron chi connectivity index (χ4n) is 1.96. The Morgan fingerprint density at radius 1 is 1.31 bits per heavy atom. The molecule has 1 rings (SSSR count). The molecule has 0 amide bonds. The molecule has 0 heterocycles. The second-order valence-corrected chi connectivity index (χ2v) is 3.71. The largest absolute Gasteiger partial charge is 0.463 e.